The van der Waals surface area contributed by atoms with Crippen LogP contribution in [0.1, 0.15) is 32.1 Å². The van der Waals surface area contributed by atoms with E-state index in [9.17, 15) is 13.2 Å². The van der Waals surface area contributed by atoms with Crippen molar-refractivity contribution in [2.45, 2.75) is 44.2 Å². The molecule has 5 nitrogen and oxygen atoms in total. The minimum absolute atomic E-state index is 0. The van der Waals surface area contributed by atoms with Crippen molar-refractivity contribution in [3.05, 3.63) is 0 Å². The van der Waals surface area contributed by atoms with Gasteiger partial charge in [0.2, 0.25) is 5.91 Å². The van der Waals surface area contributed by atoms with E-state index < -0.39 is 15.6 Å². The Morgan fingerprint density at radius 1 is 1.26 bits per heavy atom. The van der Waals surface area contributed by atoms with Gasteiger partial charge in [0, 0.05) is 18.3 Å². The van der Waals surface area contributed by atoms with Gasteiger partial charge in [0.15, 0.2) is 9.84 Å². The van der Waals surface area contributed by atoms with Crippen molar-refractivity contribution in [2.24, 2.45) is 17.6 Å². The summed E-state index contributed by atoms with van der Waals surface area (Å²) in [7, 11) is -3.25. The Kier molecular flexibility index (Phi) is 5.65. The van der Waals surface area contributed by atoms with Crippen LogP contribution in [0.2, 0.25) is 0 Å². The van der Waals surface area contributed by atoms with E-state index in [0.29, 0.717) is 11.8 Å². The minimum atomic E-state index is -3.25. The van der Waals surface area contributed by atoms with E-state index in [4.69, 9.17) is 5.73 Å². The highest BCUT2D eigenvalue weighted by Gasteiger charge is 2.39. The fourth-order valence-corrected chi connectivity index (χ4v) is 4.05. The minimum Gasteiger partial charge on any atom is -0.352 e. The molecule has 1 amide bonds. The van der Waals surface area contributed by atoms with Gasteiger partial charge in [-0.25, -0.2) is 8.42 Å². The molecule has 2 aliphatic carbocycles. The molecule has 0 spiro atoms. The molecule has 2 saturated carbocycles. The van der Waals surface area contributed by atoms with Crippen LogP contribution in [0.3, 0.4) is 0 Å². The highest BCUT2D eigenvalue weighted by atomic mass is 35.5. The molecular formula is C12H23ClN2O3S. The van der Waals surface area contributed by atoms with Gasteiger partial charge in [-0.3, -0.25) is 4.79 Å². The van der Waals surface area contributed by atoms with Crippen LogP contribution in [0, 0.1) is 11.8 Å². The summed E-state index contributed by atoms with van der Waals surface area (Å²) in [5.74, 6) is 0.0801. The van der Waals surface area contributed by atoms with Crippen molar-refractivity contribution in [1.82, 2.24) is 5.32 Å². The van der Waals surface area contributed by atoms with Crippen molar-refractivity contribution in [2.75, 3.05) is 12.0 Å². The Hall–Kier alpha value is -0.330. The van der Waals surface area contributed by atoms with Gasteiger partial charge < -0.3 is 11.1 Å². The van der Waals surface area contributed by atoms with Crippen molar-refractivity contribution in [3.8, 4) is 0 Å². The quantitative estimate of drug-likeness (QED) is 0.793. The highest BCUT2D eigenvalue weighted by molar-refractivity contribution is 7.91. The maximum absolute atomic E-state index is 11.7. The van der Waals surface area contributed by atoms with Crippen molar-refractivity contribution in [3.63, 3.8) is 0 Å². The Bertz CT molecular complexity index is 413. The molecule has 0 aromatic rings. The molecule has 3 N–H and O–H groups in total. The molecule has 0 aliphatic heterocycles. The zero-order chi connectivity index (χ0) is 13.3. The summed E-state index contributed by atoms with van der Waals surface area (Å²) in [6.07, 6.45) is 6.35. The lowest BCUT2D eigenvalue weighted by molar-refractivity contribution is -0.120. The van der Waals surface area contributed by atoms with Crippen LogP contribution in [0.5, 0.6) is 0 Å². The van der Waals surface area contributed by atoms with Gasteiger partial charge in [-0.05, 0) is 37.5 Å². The van der Waals surface area contributed by atoms with Gasteiger partial charge in [0.1, 0.15) is 5.75 Å². The number of carbonyl (C=O) groups excluding carboxylic acids is 1. The maximum Gasteiger partial charge on any atom is 0.235 e. The van der Waals surface area contributed by atoms with Crippen LogP contribution >= 0.6 is 12.4 Å². The standard InChI is InChI=1S/C12H22N2O3S.ClH/c1-18(16,17)7-11(15)14-12-8-3-2-4-9(12)6-10(13)5-8;/h8-10,12H,2-7,13H2,1H3,(H,14,15);1H. The second kappa shape index (κ2) is 6.41. The van der Waals surface area contributed by atoms with Gasteiger partial charge in [0.05, 0.1) is 0 Å². The molecule has 0 radical (unpaired) electrons. The largest absolute Gasteiger partial charge is 0.352 e. The molecule has 2 unspecified atom stereocenters. The second-order valence-electron chi connectivity index (χ2n) is 5.85. The zero-order valence-electron chi connectivity index (χ0n) is 11.2. The lowest BCUT2D eigenvalue weighted by atomic mass is 9.67. The summed E-state index contributed by atoms with van der Waals surface area (Å²) in [5, 5.41) is 2.92. The number of hydrogen-bond acceptors (Lipinski definition) is 4. The van der Waals surface area contributed by atoms with Crippen molar-refractivity contribution < 1.29 is 13.2 Å². The number of nitrogens with one attached hydrogen (secondary N) is 1. The predicted octanol–water partition coefficient (Wildman–Crippen LogP) is 0.475. The third kappa shape index (κ3) is 4.61. The van der Waals surface area contributed by atoms with E-state index in [0.717, 1.165) is 31.9 Å². The number of rotatable bonds is 3. The van der Waals surface area contributed by atoms with Crippen molar-refractivity contribution in [1.29, 1.82) is 0 Å². The first-order valence-corrected chi connectivity index (χ1v) is 8.64. The zero-order valence-corrected chi connectivity index (χ0v) is 12.8. The first-order valence-electron chi connectivity index (χ1n) is 6.58. The number of sulfone groups is 1. The average molecular weight is 311 g/mol. The normalized spacial score (nSPS) is 34.2. The molecule has 2 aliphatic rings. The number of hydrogen-bond donors (Lipinski definition) is 2. The SMILES string of the molecule is CS(=O)(=O)CC(=O)NC1C2CCCC1CC(N)C2.Cl. The Labute approximate surface area is 121 Å². The summed E-state index contributed by atoms with van der Waals surface area (Å²) < 4.78 is 22.2. The van der Waals surface area contributed by atoms with E-state index in [1.807, 2.05) is 0 Å². The lowest BCUT2D eigenvalue weighted by Crippen LogP contribution is -2.54. The van der Waals surface area contributed by atoms with Crippen LogP contribution < -0.4 is 11.1 Å². The van der Waals surface area contributed by atoms with Gasteiger partial charge >= 0.3 is 0 Å². The summed E-state index contributed by atoms with van der Waals surface area (Å²) in [4.78, 5) is 11.7. The molecule has 0 saturated heterocycles. The summed E-state index contributed by atoms with van der Waals surface area (Å²) in [6, 6.07) is 0.371. The van der Waals surface area contributed by atoms with Crippen LogP contribution in [0.4, 0.5) is 0 Å². The van der Waals surface area contributed by atoms with Gasteiger partial charge in [-0.2, -0.15) is 0 Å². The third-order valence-electron chi connectivity index (χ3n) is 4.10. The average Bonchev–Trinajstić information content (AvgIpc) is 2.16. The highest BCUT2D eigenvalue weighted by Crippen LogP contribution is 2.39. The molecule has 7 heteroatoms. The smallest absolute Gasteiger partial charge is 0.235 e. The fraction of sp³-hybridized carbons (Fsp3) is 0.917. The van der Waals surface area contributed by atoms with E-state index in [1.54, 1.807) is 0 Å². The molecule has 2 atom stereocenters. The third-order valence-corrected chi connectivity index (χ3v) is 4.88. The van der Waals surface area contributed by atoms with Crippen LogP contribution in [-0.4, -0.2) is 38.4 Å². The number of fused-ring (bicyclic) bond motifs is 2. The number of carbonyl (C=O) groups is 1. The number of amides is 1. The van der Waals surface area contributed by atoms with E-state index in [2.05, 4.69) is 5.32 Å². The van der Waals surface area contributed by atoms with E-state index in [1.165, 1.54) is 6.42 Å². The Morgan fingerprint density at radius 3 is 2.26 bits per heavy atom. The topological polar surface area (TPSA) is 89.3 Å². The molecule has 0 heterocycles. The first-order chi connectivity index (χ1) is 8.35. The summed E-state index contributed by atoms with van der Waals surface area (Å²) >= 11 is 0. The molecule has 2 bridgehead atoms. The number of halogens is 1. The first kappa shape index (κ1) is 16.7. The maximum atomic E-state index is 11.7. The Balaban J connectivity index is 0.00000180. The molecule has 2 rings (SSSR count). The number of nitrogens with two attached hydrogens (primary N) is 1. The fourth-order valence-electron chi connectivity index (χ4n) is 3.49. The molecule has 19 heavy (non-hydrogen) atoms. The van der Waals surface area contributed by atoms with Crippen LogP contribution in [0.25, 0.3) is 0 Å². The molecule has 0 aromatic carbocycles. The molecule has 0 aromatic heterocycles. The monoisotopic (exact) mass is 310 g/mol. The summed E-state index contributed by atoms with van der Waals surface area (Å²) in [5.41, 5.74) is 6.01. The Morgan fingerprint density at radius 2 is 1.79 bits per heavy atom. The van der Waals surface area contributed by atoms with Gasteiger partial charge in [-0.15, -0.1) is 12.4 Å². The van der Waals surface area contributed by atoms with Crippen LogP contribution in [0.15, 0.2) is 0 Å². The van der Waals surface area contributed by atoms with Gasteiger partial charge in [-0.1, -0.05) is 6.42 Å². The predicted molar refractivity (Wildman–Crippen MR) is 76.9 cm³/mol. The summed E-state index contributed by atoms with van der Waals surface area (Å²) in [6.45, 7) is 0. The van der Waals surface area contributed by atoms with E-state index in [-0.39, 0.29) is 30.4 Å². The lowest BCUT2D eigenvalue weighted by Gasteiger charge is -2.45. The molecular weight excluding hydrogens is 288 g/mol. The second-order valence-corrected chi connectivity index (χ2v) is 7.99. The molecule has 112 valence electrons. The van der Waals surface area contributed by atoms with Gasteiger partial charge in [0.25, 0.3) is 0 Å². The van der Waals surface area contributed by atoms with Crippen LogP contribution in [-0.2, 0) is 14.6 Å². The van der Waals surface area contributed by atoms with E-state index >= 15 is 0 Å². The van der Waals surface area contributed by atoms with Crippen molar-refractivity contribution >= 4 is 28.2 Å². The molecule has 2 fully saturated rings.